The van der Waals surface area contributed by atoms with E-state index in [1.54, 1.807) is 18.2 Å². The van der Waals surface area contributed by atoms with Crippen molar-refractivity contribution in [1.29, 1.82) is 0 Å². The van der Waals surface area contributed by atoms with Crippen molar-refractivity contribution in [2.45, 2.75) is 64.2 Å². The fraction of sp³-hybridized carbons (Fsp3) is 0.560. The fourth-order valence-electron chi connectivity index (χ4n) is 5.77. The summed E-state index contributed by atoms with van der Waals surface area (Å²) in [5.74, 6) is 2.43. The predicted molar refractivity (Wildman–Crippen MR) is 111 cm³/mol. The molecule has 2 aromatic rings. The van der Waals surface area contributed by atoms with Gasteiger partial charge in [0.25, 0.3) is 0 Å². The highest BCUT2D eigenvalue weighted by atomic mass is 19.1. The van der Waals surface area contributed by atoms with E-state index in [4.69, 9.17) is 4.74 Å². The van der Waals surface area contributed by atoms with Gasteiger partial charge in [0, 0.05) is 5.39 Å². The molecule has 2 aliphatic rings. The Hall–Kier alpha value is -1.90. The molecule has 150 valence electrons. The summed E-state index contributed by atoms with van der Waals surface area (Å²) in [7, 11) is 1.35. The van der Waals surface area contributed by atoms with E-state index in [9.17, 15) is 9.18 Å². The lowest BCUT2D eigenvalue weighted by molar-refractivity contribution is 0.0601. The summed E-state index contributed by atoms with van der Waals surface area (Å²) in [5.41, 5.74) is 1.52. The first-order chi connectivity index (χ1) is 13.6. The van der Waals surface area contributed by atoms with Gasteiger partial charge in [-0.25, -0.2) is 9.18 Å². The molecule has 2 nitrogen and oxygen atoms in total. The van der Waals surface area contributed by atoms with E-state index < -0.39 is 5.97 Å². The summed E-state index contributed by atoms with van der Waals surface area (Å²) in [5, 5.41) is 1.37. The number of ether oxygens (including phenoxy) is 1. The van der Waals surface area contributed by atoms with Gasteiger partial charge in [-0.1, -0.05) is 38.3 Å². The molecule has 0 radical (unpaired) electrons. The molecule has 2 fully saturated rings. The van der Waals surface area contributed by atoms with Crippen molar-refractivity contribution in [3.05, 3.63) is 47.3 Å². The zero-order valence-corrected chi connectivity index (χ0v) is 17.0. The minimum Gasteiger partial charge on any atom is -0.465 e. The van der Waals surface area contributed by atoms with Crippen LogP contribution in [-0.4, -0.2) is 13.1 Å². The number of hydrogen-bond acceptors (Lipinski definition) is 2. The van der Waals surface area contributed by atoms with E-state index in [2.05, 4.69) is 13.0 Å². The largest absolute Gasteiger partial charge is 0.465 e. The second kappa shape index (κ2) is 8.23. The van der Waals surface area contributed by atoms with E-state index in [0.29, 0.717) is 16.9 Å². The van der Waals surface area contributed by atoms with E-state index >= 15 is 0 Å². The molecule has 4 rings (SSSR count). The van der Waals surface area contributed by atoms with Crippen LogP contribution < -0.4 is 0 Å². The second-order valence-corrected chi connectivity index (χ2v) is 8.93. The summed E-state index contributed by atoms with van der Waals surface area (Å²) in [4.78, 5) is 11.7. The third kappa shape index (κ3) is 3.81. The molecule has 0 bridgehead atoms. The third-order valence-corrected chi connectivity index (χ3v) is 7.24. The van der Waals surface area contributed by atoms with Gasteiger partial charge in [-0.2, -0.15) is 0 Å². The van der Waals surface area contributed by atoms with Crippen molar-refractivity contribution in [3.8, 4) is 0 Å². The standard InChI is InChI=1S/C25H31FO2/c1-3-4-16-5-6-18-12-19(8-7-17(18)11-16)22-13-20-9-10-21(25(27)28-2)14-23(20)24(26)15-22/h9-10,13-19H,3-8,11-12H2,1-2H3. The van der Waals surface area contributed by atoms with Crippen molar-refractivity contribution >= 4 is 16.7 Å². The van der Waals surface area contributed by atoms with Crippen LogP contribution in [-0.2, 0) is 4.74 Å². The van der Waals surface area contributed by atoms with Crippen LogP contribution in [0.3, 0.4) is 0 Å². The van der Waals surface area contributed by atoms with Crippen LogP contribution in [0.1, 0.15) is 80.1 Å². The lowest BCUT2D eigenvalue weighted by Gasteiger charge is -2.42. The number of benzene rings is 2. The van der Waals surface area contributed by atoms with E-state index in [1.807, 2.05) is 6.07 Å². The van der Waals surface area contributed by atoms with E-state index in [0.717, 1.165) is 28.7 Å². The van der Waals surface area contributed by atoms with Crippen LogP contribution in [0.5, 0.6) is 0 Å². The molecule has 0 heterocycles. The molecule has 2 saturated carbocycles. The molecule has 4 atom stereocenters. The quantitative estimate of drug-likeness (QED) is 0.540. The zero-order valence-electron chi connectivity index (χ0n) is 17.0. The average Bonchev–Trinajstić information content (AvgIpc) is 2.72. The molecule has 3 heteroatoms. The molecule has 0 spiro atoms. The smallest absolute Gasteiger partial charge is 0.337 e. The van der Waals surface area contributed by atoms with Crippen LogP contribution in [0.15, 0.2) is 30.3 Å². The van der Waals surface area contributed by atoms with Gasteiger partial charge < -0.3 is 4.74 Å². The normalized spacial score (nSPS) is 27.4. The number of fused-ring (bicyclic) bond motifs is 2. The topological polar surface area (TPSA) is 26.3 Å². The average molecular weight is 383 g/mol. The summed E-state index contributed by atoms with van der Waals surface area (Å²) in [6, 6.07) is 9.01. The van der Waals surface area contributed by atoms with Gasteiger partial charge in [0.1, 0.15) is 5.82 Å². The summed E-state index contributed by atoms with van der Waals surface area (Å²) >= 11 is 0. The van der Waals surface area contributed by atoms with Gasteiger partial charge in [-0.3, -0.25) is 0 Å². The van der Waals surface area contributed by atoms with Crippen molar-refractivity contribution in [2.24, 2.45) is 17.8 Å². The number of carbonyl (C=O) groups is 1. The summed E-state index contributed by atoms with van der Waals surface area (Å²) in [6.07, 6.45) is 10.5. The number of esters is 1. The van der Waals surface area contributed by atoms with Crippen molar-refractivity contribution < 1.29 is 13.9 Å². The Morgan fingerprint density at radius 2 is 1.86 bits per heavy atom. The summed E-state index contributed by atoms with van der Waals surface area (Å²) < 4.78 is 19.6. The SMILES string of the molecule is CCCC1CCC2CC(c3cc(F)c4cc(C(=O)OC)ccc4c3)CCC2C1. The predicted octanol–water partition coefficient (Wildman–Crippen LogP) is 6.87. The van der Waals surface area contributed by atoms with Crippen LogP contribution in [0.4, 0.5) is 4.39 Å². The van der Waals surface area contributed by atoms with E-state index in [-0.39, 0.29) is 5.82 Å². The second-order valence-electron chi connectivity index (χ2n) is 8.93. The molecular formula is C25H31FO2. The number of rotatable bonds is 4. The highest BCUT2D eigenvalue weighted by molar-refractivity contribution is 5.95. The van der Waals surface area contributed by atoms with Gasteiger partial charge in [-0.05, 0) is 84.9 Å². The Morgan fingerprint density at radius 1 is 1.07 bits per heavy atom. The van der Waals surface area contributed by atoms with Crippen molar-refractivity contribution in [3.63, 3.8) is 0 Å². The Labute approximate surface area is 167 Å². The third-order valence-electron chi connectivity index (χ3n) is 7.24. The number of methoxy groups -OCH3 is 1. The highest BCUT2D eigenvalue weighted by Crippen LogP contribution is 2.48. The minimum absolute atomic E-state index is 0.230. The molecule has 0 N–H and O–H groups in total. The molecule has 2 aliphatic carbocycles. The van der Waals surface area contributed by atoms with Gasteiger partial charge in [0.15, 0.2) is 0 Å². The van der Waals surface area contributed by atoms with E-state index in [1.165, 1.54) is 58.5 Å². The maximum Gasteiger partial charge on any atom is 0.337 e. The van der Waals surface area contributed by atoms with Crippen LogP contribution in [0.25, 0.3) is 10.8 Å². The first kappa shape index (κ1) is 19.4. The highest BCUT2D eigenvalue weighted by Gasteiger charge is 2.35. The number of halogens is 1. The fourth-order valence-corrected chi connectivity index (χ4v) is 5.77. The molecule has 0 aromatic heterocycles. The molecular weight excluding hydrogens is 351 g/mol. The first-order valence-electron chi connectivity index (χ1n) is 10.9. The monoisotopic (exact) mass is 382 g/mol. The minimum atomic E-state index is -0.428. The van der Waals surface area contributed by atoms with Gasteiger partial charge in [0.2, 0.25) is 0 Å². The van der Waals surface area contributed by atoms with Crippen molar-refractivity contribution in [1.82, 2.24) is 0 Å². The Morgan fingerprint density at radius 3 is 2.64 bits per heavy atom. The molecule has 28 heavy (non-hydrogen) atoms. The van der Waals surface area contributed by atoms with Crippen LogP contribution in [0.2, 0.25) is 0 Å². The molecule has 4 unspecified atom stereocenters. The van der Waals surface area contributed by atoms with Gasteiger partial charge in [0.05, 0.1) is 12.7 Å². The number of carbonyl (C=O) groups excluding carboxylic acids is 1. The number of hydrogen-bond donors (Lipinski definition) is 0. The molecule has 0 saturated heterocycles. The lowest BCUT2D eigenvalue weighted by Crippen LogP contribution is -2.30. The Bertz CT molecular complexity index is 859. The first-order valence-corrected chi connectivity index (χ1v) is 10.9. The molecule has 2 aromatic carbocycles. The molecule has 0 aliphatic heterocycles. The van der Waals surface area contributed by atoms with Crippen LogP contribution in [0, 0.1) is 23.6 Å². The maximum absolute atomic E-state index is 14.9. The Balaban J connectivity index is 1.53. The maximum atomic E-state index is 14.9. The molecule has 0 amide bonds. The lowest BCUT2D eigenvalue weighted by atomic mass is 9.63. The van der Waals surface area contributed by atoms with Gasteiger partial charge >= 0.3 is 5.97 Å². The Kier molecular flexibility index (Phi) is 5.70. The van der Waals surface area contributed by atoms with Crippen molar-refractivity contribution in [2.75, 3.05) is 7.11 Å². The van der Waals surface area contributed by atoms with Crippen LogP contribution >= 0.6 is 0 Å². The zero-order chi connectivity index (χ0) is 19.7. The summed E-state index contributed by atoms with van der Waals surface area (Å²) in [6.45, 7) is 2.30. The van der Waals surface area contributed by atoms with Gasteiger partial charge in [-0.15, -0.1) is 0 Å².